The molecule has 0 aliphatic heterocycles. The van der Waals surface area contributed by atoms with E-state index in [4.69, 9.17) is 4.74 Å². The second-order valence-corrected chi connectivity index (χ2v) is 7.00. The van der Waals surface area contributed by atoms with Crippen molar-refractivity contribution in [1.29, 1.82) is 0 Å². The highest BCUT2D eigenvalue weighted by molar-refractivity contribution is 5.83. The summed E-state index contributed by atoms with van der Waals surface area (Å²) in [7, 11) is 0. The van der Waals surface area contributed by atoms with Gasteiger partial charge in [-0.25, -0.2) is 14.4 Å². The fraction of sp³-hybridized carbons (Fsp3) is 0.350. The molecule has 2 amide bonds. The summed E-state index contributed by atoms with van der Waals surface area (Å²) in [4.78, 5) is 60.8. The van der Waals surface area contributed by atoms with Crippen LogP contribution in [0.15, 0.2) is 46.1 Å². The van der Waals surface area contributed by atoms with E-state index in [9.17, 15) is 29.1 Å². The number of rotatable bonds is 9. The topological polar surface area (TPSA) is 160 Å². The smallest absolute Gasteiger partial charge is 0.407 e. The minimum atomic E-state index is -1.31. The predicted molar refractivity (Wildman–Crippen MR) is 109 cm³/mol. The molecule has 2 atom stereocenters. The minimum Gasteiger partial charge on any atom is -0.480 e. The molecule has 1 aromatic heterocycles. The van der Waals surface area contributed by atoms with Crippen molar-refractivity contribution in [3.63, 3.8) is 0 Å². The lowest BCUT2D eigenvalue weighted by atomic mass is 10.1. The average Bonchev–Trinajstić information content (AvgIpc) is 2.70. The van der Waals surface area contributed by atoms with Gasteiger partial charge in [-0.05, 0) is 25.8 Å². The predicted octanol–water partition coefficient (Wildman–Crippen LogP) is 0.119. The highest BCUT2D eigenvalue weighted by Gasteiger charge is 2.24. The Balaban J connectivity index is 1.88. The second-order valence-electron chi connectivity index (χ2n) is 7.00. The minimum absolute atomic E-state index is 0.0613. The lowest BCUT2D eigenvalue weighted by Gasteiger charge is -2.20. The summed E-state index contributed by atoms with van der Waals surface area (Å²) < 4.78 is 6.05. The number of nitrogens with one attached hydrogen (secondary N) is 3. The van der Waals surface area contributed by atoms with Gasteiger partial charge >= 0.3 is 17.8 Å². The van der Waals surface area contributed by atoms with E-state index in [0.717, 1.165) is 10.1 Å². The number of carboxylic acids is 1. The van der Waals surface area contributed by atoms with Crippen LogP contribution in [0.2, 0.25) is 0 Å². The van der Waals surface area contributed by atoms with E-state index in [-0.39, 0.29) is 18.6 Å². The van der Waals surface area contributed by atoms with E-state index in [1.807, 2.05) is 18.2 Å². The number of hydrogen-bond donors (Lipinski definition) is 4. The molecule has 11 nitrogen and oxygen atoms in total. The van der Waals surface area contributed by atoms with Gasteiger partial charge in [0.05, 0.1) is 0 Å². The van der Waals surface area contributed by atoms with Crippen LogP contribution in [0.5, 0.6) is 0 Å². The summed E-state index contributed by atoms with van der Waals surface area (Å²) in [5, 5.41) is 14.2. The highest BCUT2D eigenvalue weighted by atomic mass is 16.5. The van der Waals surface area contributed by atoms with Crippen LogP contribution in [0.25, 0.3) is 0 Å². The van der Waals surface area contributed by atoms with Gasteiger partial charge in [0.15, 0.2) is 0 Å². The number of aromatic amines is 1. The van der Waals surface area contributed by atoms with Crippen molar-refractivity contribution in [2.45, 2.75) is 45.5 Å². The first-order chi connectivity index (χ1) is 14.7. The maximum Gasteiger partial charge on any atom is 0.407 e. The van der Waals surface area contributed by atoms with Crippen LogP contribution in [0.4, 0.5) is 4.79 Å². The van der Waals surface area contributed by atoms with E-state index in [0.29, 0.717) is 0 Å². The van der Waals surface area contributed by atoms with Crippen molar-refractivity contribution in [1.82, 2.24) is 20.2 Å². The zero-order valence-electron chi connectivity index (χ0n) is 17.1. The summed E-state index contributed by atoms with van der Waals surface area (Å²) >= 11 is 0. The van der Waals surface area contributed by atoms with E-state index in [1.165, 1.54) is 13.1 Å². The molecule has 11 heteroatoms. The van der Waals surface area contributed by atoms with E-state index in [2.05, 4.69) is 15.6 Å². The summed E-state index contributed by atoms with van der Waals surface area (Å²) in [5.74, 6) is -2.04. The Hall–Kier alpha value is -3.89. The SMILES string of the molecule is Cc1cn(CC(=O)N[C@@H](CC(C)NC(=O)OCc2ccccc2)C(=O)O)c(=O)[nH]c1=O. The monoisotopic (exact) mass is 432 g/mol. The van der Waals surface area contributed by atoms with Crippen molar-refractivity contribution in [2.24, 2.45) is 0 Å². The molecule has 0 aliphatic carbocycles. The molecular formula is C20H24N4O7. The molecule has 0 spiro atoms. The third-order valence-electron chi connectivity index (χ3n) is 4.30. The molecule has 4 N–H and O–H groups in total. The highest BCUT2D eigenvalue weighted by Crippen LogP contribution is 2.03. The molecule has 1 unspecified atom stereocenters. The number of carbonyl (C=O) groups excluding carboxylic acids is 2. The van der Waals surface area contributed by atoms with Gasteiger partial charge < -0.3 is 20.5 Å². The second kappa shape index (κ2) is 10.8. The molecule has 0 saturated heterocycles. The van der Waals surface area contributed by atoms with Gasteiger partial charge in [0.1, 0.15) is 19.2 Å². The van der Waals surface area contributed by atoms with Gasteiger partial charge in [-0.3, -0.25) is 19.1 Å². The molecule has 0 saturated carbocycles. The molecular weight excluding hydrogens is 408 g/mol. The lowest BCUT2D eigenvalue weighted by Crippen LogP contribution is -2.47. The van der Waals surface area contributed by atoms with Crippen LogP contribution in [-0.4, -0.2) is 44.7 Å². The average molecular weight is 432 g/mol. The van der Waals surface area contributed by atoms with Crippen LogP contribution >= 0.6 is 0 Å². The first-order valence-corrected chi connectivity index (χ1v) is 9.45. The molecule has 2 aromatic rings. The van der Waals surface area contributed by atoms with E-state index < -0.39 is 47.8 Å². The van der Waals surface area contributed by atoms with E-state index in [1.54, 1.807) is 19.1 Å². The van der Waals surface area contributed by atoms with Crippen molar-refractivity contribution in [2.75, 3.05) is 0 Å². The maximum absolute atomic E-state index is 12.2. The van der Waals surface area contributed by atoms with Gasteiger partial charge in [-0.15, -0.1) is 0 Å². The number of nitrogens with zero attached hydrogens (tertiary/aromatic N) is 1. The summed E-state index contributed by atoms with van der Waals surface area (Å²) in [5.41, 5.74) is -0.319. The number of alkyl carbamates (subject to hydrolysis) is 1. The number of amides is 2. The number of aryl methyl sites for hydroxylation is 1. The Morgan fingerprint density at radius 3 is 2.48 bits per heavy atom. The lowest BCUT2D eigenvalue weighted by molar-refractivity contribution is -0.142. The van der Waals surface area contributed by atoms with Crippen LogP contribution in [0.1, 0.15) is 24.5 Å². The molecule has 0 fully saturated rings. The normalized spacial score (nSPS) is 12.5. The first-order valence-electron chi connectivity index (χ1n) is 9.45. The number of aromatic nitrogens is 2. The molecule has 0 radical (unpaired) electrons. The van der Waals surface area contributed by atoms with Crippen LogP contribution in [-0.2, 0) is 27.5 Å². The van der Waals surface area contributed by atoms with Gasteiger partial charge in [-0.1, -0.05) is 30.3 Å². The number of H-pyrrole nitrogens is 1. The molecule has 166 valence electrons. The van der Waals surface area contributed by atoms with Crippen molar-refractivity contribution in [3.8, 4) is 0 Å². The largest absolute Gasteiger partial charge is 0.480 e. The fourth-order valence-electron chi connectivity index (χ4n) is 2.73. The fourth-order valence-corrected chi connectivity index (χ4v) is 2.73. The van der Waals surface area contributed by atoms with Crippen molar-refractivity contribution < 1.29 is 24.2 Å². The zero-order valence-corrected chi connectivity index (χ0v) is 17.1. The number of ether oxygens (including phenoxy) is 1. The van der Waals surface area contributed by atoms with Crippen LogP contribution in [0.3, 0.4) is 0 Å². The third-order valence-corrected chi connectivity index (χ3v) is 4.30. The quantitative estimate of drug-likeness (QED) is 0.438. The Morgan fingerprint density at radius 2 is 1.84 bits per heavy atom. The molecule has 0 bridgehead atoms. The zero-order chi connectivity index (χ0) is 23.0. The molecule has 0 aliphatic rings. The maximum atomic E-state index is 12.2. The van der Waals surface area contributed by atoms with Gasteiger partial charge in [0.2, 0.25) is 5.91 Å². The molecule has 1 aromatic carbocycles. The summed E-state index contributed by atoms with van der Waals surface area (Å²) in [6.45, 7) is 2.63. The van der Waals surface area contributed by atoms with Gasteiger partial charge in [0.25, 0.3) is 5.56 Å². The number of carbonyl (C=O) groups is 3. The molecule has 1 heterocycles. The van der Waals surface area contributed by atoms with Crippen LogP contribution in [0, 0.1) is 6.92 Å². The Bertz CT molecular complexity index is 1050. The Morgan fingerprint density at radius 1 is 1.16 bits per heavy atom. The summed E-state index contributed by atoms with van der Waals surface area (Å²) in [6.07, 6.45) is 0.381. The molecule has 31 heavy (non-hydrogen) atoms. The standard InChI is InChI=1S/C20H24N4O7/c1-12-9-24(19(29)23-17(12)26)10-16(25)22-15(18(27)28)8-13(2)21-20(30)31-11-14-6-4-3-5-7-14/h3-7,9,13,15H,8,10-11H2,1-2H3,(H,21,30)(H,22,25)(H,27,28)(H,23,26,29)/t13?,15-/m0/s1. The number of carboxylic acid groups (broad SMARTS) is 1. The number of benzene rings is 1. The van der Waals surface area contributed by atoms with Crippen molar-refractivity contribution >= 4 is 18.0 Å². The summed E-state index contributed by atoms with van der Waals surface area (Å²) in [6, 6.07) is 7.10. The number of aliphatic carboxylic acids is 1. The Labute approximate surface area is 177 Å². The van der Waals surface area contributed by atoms with Gasteiger partial charge in [0, 0.05) is 17.8 Å². The Kier molecular flexibility index (Phi) is 8.12. The third kappa shape index (κ3) is 7.46. The van der Waals surface area contributed by atoms with Crippen molar-refractivity contribution in [3.05, 3.63) is 68.5 Å². The number of hydrogen-bond acceptors (Lipinski definition) is 6. The molecule has 2 rings (SSSR count). The van der Waals surface area contributed by atoms with Gasteiger partial charge in [-0.2, -0.15) is 0 Å². The first kappa shape index (κ1) is 23.4. The van der Waals surface area contributed by atoms with Crippen LogP contribution < -0.4 is 21.9 Å². The van der Waals surface area contributed by atoms with E-state index >= 15 is 0 Å².